The minimum absolute atomic E-state index is 0.179. The van der Waals surface area contributed by atoms with Crippen LogP contribution in [0.15, 0.2) is 12.1 Å². The van der Waals surface area contributed by atoms with E-state index in [-0.39, 0.29) is 23.3 Å². The Kier molecular flexibility index (Phi) is 5.39. The van der Waals surface area contributed by atoms with E-state index in [1.165, 1.54) is 0 Å². The molecule has 24 heavy (non-hydrogen) atoms. The molecule has 0 radical (unpaired) electrons. The third kappa shape index (κ3) is 3.56. The van der Waals surface area contributed by atoms with E-state index in [1.807, 2.05) is 13.0 Å². The summed E-state index contributed by atoms with van der Waals surface area (Å²) in [6, 6.07) is 3.44. The summed E-state index contributed by atoms with van der Waals surface area (Å²) in [6.45, 7) is 3.63. The Morgan fingerprint density at radius 2 is 2.04 bits per heavy atom. The van der Waals surface area contributed by atoms with E-state index in [0.29, 0.717) is 25.6 Å². The van der Waals surface area contributed by atoms with Crippen LogP contribution in [0.2, 0.25) is 0 Å². The Hall–Kier alpha value is -1.62. The van der Waals surface area contributed by atoms with Crippen molar-refractivity contribution in [2.75, 3.05) is 13.2 Å². The summed E-state index contributed by atoms with van der Waals surface area (Å²) in [5.41, 5.74) is 0.927. The van der Waals surface area contributed by atoms with E-state index in [2.05, 4.69) is 0 Å². The van der Waals surface area contributed by atoms with Crippen LogP contribution in [0.3, 0.4) is 0 Å². The SMILES string of the molecule is CCCCOc1ccc2c(c1F)C(=O)N(CC1CCC(O)CC1)C2. The molecule has 1 heterocycles. The van der Waals surface area contributed by atoms with E-state index in [0.717, 1.165) is 44.1 Å². The summed E-state index contributed by atoms with van der Waals surface area (Å²) < 4.78 is 20.1. The van der Waals surface area contributed by atoms with Crippen molar-refractivity contribution in [3.8, 4) is 5.75 Å². The predicted molar refractivity (Wildman–Crippen MR) is 89.5 cm³/mol. The summed E-state index contributed by atoms with van der Waals surface area (Å²) in [7, 11) is 0. The topological polar surface area (TPSA) is 49.8 Å². The molecule has 132 valence electrons. The third-order valence-corrected chi connectivity index (χ3v) is 5.11. The number of hydrogen-bond acceptors (Lipinski definition) is 3. The van der Waals surface area contributed by atoms with E-state index in [9.17, 15) is 14.3 Å². The first kappa shape index (κ1) is 17.2. The number of nitrogens with zero attached hydrogens (tertiary/aromatic N) is 1. The van der Waals surface area contributed by atoms with Gasteiger partial charge in [0.05, 0.1) is 18.3 Å². The smallest absolute Gasteiger partial charge is 0.257 e. The number of carbonyl (C=O) groups is 1. The molecule has 1 fully saturated rings. The molecule has 0 aromatic heterocycles. The van der Waals surface area contributed by atoms with Gasteiger partial charge < -0.3 is 14.7 Å². The maximum absolute atomic E-state index is 14.6. The number of aliphatic hydroxyl groups is 1. The molecule has 1 saturated carbocycles. The molecule has 1 N–H and O–H groups in total. The van der Waals surface area contributed by atoms with Crippen molar-refractivity contribution in [1.82, 2.24) is 4.90 Å². The van der Waals surface area contributed by atoms with E-state index in [1.54, 1.807) is 11.0 Å². The number of aliphatic hydroxyl groups excluding tert-OH is 1. The fourth-order valence-electron chi connectivity index (χ4n) is 3.62. The minimum Gasteiger partial charge on any atom is -0.490 e. The van der Waals surface area contributed by atoms with Gasteiger partial charge in [-0.15, -0.1) is 0 Å². The zero-order valence-electron chi connectivity index (χ0n) is 14.3. The standard InChI is InChI=1S/C19H26FNO3/c1-2-3-10-24-16-9-6-14-12-21(19(23)17(14)18(16)20)11-13-4-7-15(22)8-5-13/h6,9,13,15,22H,2-5,7-8,10-12H2,1H3. The molecule has 1 aliphatic carbocycles. The number of benzene rings is 1. The lowest BCUT2D eigenvalue weighted by atomic mass is 9.87. The number of unbranched alkanes of at least 4 members (excludes halogenated alkanes) is 1. The van der Waals surface area contributed by atoms with E-state index < -0.39 is 5.82 Å². The first-order valence-electron chi connectivity index (χ1n) is 9.01. The van der Waals surface area contributed by atoms with Gasteiger partial charge in [-0.05, 0) is 49.7 Å². The Balaban J connectivity index is 1.67. The van der Waals surface area contributed by atoms with Gasteiger partial charge in [0.1, 0.15) is 0 Å². The molecule has 1 aromatic rings. The molecular weight excluding hydrogens is 309 g/mol. The number of carbonyl (C=O) groups excluding carboxylic acids is 1. The van der Waals surface area contributed by atoms with Crippen molar-refractivity contribution in [3.63, 3.8) is 0 Å². The van der Waals surface area contributed by atoms with E-state index in [4.69, 9.17) is 4.74 Å². The Morgan fingerprint density at radius 1 is 1.29 bits per heavy atom. The van der Waals surface area contributed by atoms with Crippen LogP contribution in [0.1, 0.15) is 61.4 Å². The van der Waals surface area contributed by atoms with Crippen LogP contribution < -0.4 is 4.74 Å². The van der Waals surface area contributed by atoms with Crippen molar-refractivity contribution in [3.05, 3.63) is 29.1 Å². The van der Waals surface area contributed by atoms with Crippen LogP contribution in [-0.4, -0.2) is 35.2 Å². The molecule has 0 atom stereocenters. The van der Waals surface area contributed by atoms with Gasteiger partial charge in [0, 0.05) is 13.1 Å². The van der Waals surface area contributed by atoms with Gasteiger partial charge in [-0.3, -0.25) is 4.79 Å². The fourth-order valence-corrected chi connectivity index (χ4v) is 3.62. The average molecular weight is 335 g/mol. The Bertz CT molecular complexity index is 597. The van der Waals surface area contributed by atoms with Crippen LogP contribution in [0, 0.1) is 11.7 Å². The van der Waals surface area contributed by atoms with Gasteiger partial charge in [0.15, 0.2) is 11.6 Å². The number of rotatable bonds is 6. The van der Waals surface area contributed by atoms with Crippen molar-refractivity contribution < 1.29 is 19.0 Å². The second-order valence-corrected chi connectivity index (χ2v) is 6.97. The normalized spacial score (nSPS) is 23.5. The molecular formula is C19H26FNO3. The fraction of sp³-hybridized carbons (Fsp3) is 0.632. The summed E-state index contributed by atoms with van der Waals surface area (Å²) in [5, 5.41) is 9.59. The molecule has 0 spiro atoms. The van der Waals surface area contributed by atoms with Gasteiger partial charge in [-0.1, -0.05) is 19.4 Å². The van der Waals surface area contributed by atoms with Crippen LogP contribution in [0.4, 0.5) is 4.39 Å². The number of halogens is 1. The monoisotopic (exact) mass is 335 g/mol. The van der Waals surface area contributed by atoms with Crippen LogP contribution in [-0.2, 0) is 6.54 Å². The van der Waals surface area contributed by atoms with Crippen LogP contribution in [0.25, 0.3) is 0 Å². The van der Waals surface area contributed by atoms with Crippen LogP contribution >= 0.6 is 0 Å². The zero-order chi connectivity index (χ0) is 17.1. The number of hydrogen-bond donors (Lipinski definition) is 1. The Labute approximate surface area is 142 Å². The molecule has 5 heteroatoms. The number of amides is 1. The highest BCUT2D eigenvalue weighted by molar-refractivity contribution is 5.99. The lowest BCUT2D eigenvalue weighted by Crippen LogP contribution is -2.32. The third-order valence-electron chi connectivity index (χ3n) is 5.11. The van der Waals surface area contributed by atoms with Gasteiger partial charge in [0.2, 0.25) is 0 Å². The first-order chi connectivity index (χ1) is 11.6. The van der Waals surface area contributed by atoms with Crippen molar-refractivity contribution in [2.24, 2.45) is 5.92 Å². The second kappa shape index (κ2) is 7.51. The van der Waals surface area contributed by atoms with Gasteiger partial charge in [-0.2, -0.15) is 0 Å². The van der Waals surface area contributed by atoms with E-state index >= 15 is 0 Å². The van der Waals surface area contributed by atoms with Crippen molar-refractivity contribution in [2.45, 2.75) is 58.1 Å². The summed E-state index contributed by atoms with van der Waals surface area (Å²) in [6.07, 6.45) is 5.09. The van der Waals surface area contributed by atoms with Gasteiger partial charge in [-0.25, -0.2) is 4.39 Å². The Morgan fingerprint density at radius 3 is 2.75 bits per heavy atom. The molecule has 1 aromatic carbocycles. The highest BCUT2D eigenvalue weighted by atomic mass is 19.1. The van der Waals surface area contributed by atoms with Crippen molar-refractivity contribution >= 4 is 5.91 Å². The highest BCUT2D eigenvalue weighted by Gasteiger charge is 2.34. The van der Waals surface area contributed by atoms with Crippen LogP contribution in [0.5, 0.6) is 5.75 Å². The number of fused-ring (bicyclic) bond motifs is 1. The molecule has 0 unspecified atom stereocenters. The first-order valence-corrected chi connectivity index (χ1v) is 9.01. The highest BCUT2D eigenvalue weighted by Crippen LogP contribution is 2.33. The van der Waals surface area contributed by atoms with Gasteiger partial charge in [0.25, 0.3) is 5.91 Å². The largest absolute Gasteiger partial charge is 0.490 e. The maximum Gasteiger partial charge on any atom is 0.257 e. The molecule has 0 bridgehead atoms. The summed E-state index contributed by atoms with van der Waals surface area (Å²) >= 11 is 0. The lowest BCUT2D eigenvalue weighted by Gasteiger charge is -2.29. The quantitative estimate of drug-likeness (QED) is 0.809. The predicted octanol–water partition coefficient (Wildman–Crippen LogP) is 3.51. The minimum atomic E-state index is -0.518. The summed E-state index contributed by atoms with van der Waals surface area (Å²) in [5.74, 6) is -0.169. The number of ether oxygens (including phenoxy) is 1. The zero-order valence-corrected chi connectivity index (χ0v) is 14.3. The molecule has 0 saturated heterocycles. The molecule has 1 aliphatic heterocycles. The van der Waals surface area contributed by atoms with Crippen molar-refractivity contribution in [1.29, 1.82) is 0 Å². The maximum atomic E-state index is 14.6. The molecule has 2 aliphatic rings. The lowest BCUT2D eigenvalue weighted by molar-refractivity contribution is 0.0671. The average Bonchev–Trinajstić information content (AvgIpc) is 2.89. The second-order valence-electron chi connectivity index (χ2n) is 6.97. The summed E-state index contributed by atoms with van der Waals surface area (Å²) in [4.78, 5) is 14.4. The molecule has 1 amide bonds. The molecule has 3 rings (SSSR count). The molecule has 4 nitrogen and oxygen atoms in total. The van der Waals surface area contributed by atoms with Gasteiger partial charge >= 0.3 is 0 Å².